The standard InChI is InChI=1S/C16H16N2O3S2/c1-10(18)13(8-17)14(19)9-21-15(20)11-2-4-12(5-3-11)16-22-6-7-23-16/h2-5,13,16,18H,6-7,9H2,1H3. The molecular weight excluding hydrogens is 332 g/mol. The van der Waals surface area contributed by atoms with Crippen LogP contribution in [0.25, 0.3) is 0 Å². The van der Waals surface area contributed by atoms with E-state index in [0.29, 0.717) is 10.1 Å². The zero-order chi connectivity index (χ0) is 16.8. The van der Waals surface area contributed by atoms with Crippen molar-refractivity contribution in [3.63, 3.8) is 0 Å². The molecule has 0 aromatic heterocycles. The lowest BCUT2D eigenvalue weighted by Gasteiger charge is -2.10. The smallest absolute Gasteiger partial charge is 0.338 e. The molecule has 1 aromatic carbocycles. The molecule has 1 unspecified atom stereocenters. The number of hydrogen-bond donors (Lipinski definition) is 1. The molecule has 23 heavy (non-hydrogen) atoms. The van der Waals surface area contributed by atoms with Crippen molar-refractivity contribution >= 4 is 41.0 Å². The van der Waals surface area contributed by atoms with Crippen molar-refractivity contribution in [3.05, 3.63) is 35.4 Å². The van der Waals surface area contributed by atoms with Gasteiger partial charge in [0.2, 0.25) is 0 Å². The summed E-state index contributed by atoms with van der Waals surface area (Å²) < 4.78 is 5.35. The molecule has 0 aliphatic carbocycles. The summed E-state index contributed by atoms with van der Waals surface area (Å²) in [5, 5.41) is 16.2. The number of ketones is 1. The predicted molar refractivity (Wildman–Crippen MR) is 91.9 cm³/mol. The summed E-state index contributed by atoms with van der Waals surface area (Å²) in [7, 11) is 0. The lowest BCUT2D eigenvalue weighted by Crippen LogP contribution is -2.25. The van der Waals surface area contributed by atoms with Crippen molar-refractivity contribution < 1.29 is 14.3 Å². The number of esters is 1. The number of carbonyl (C=O) groups excluding carboxylic acids is 2. The van der Waals surface area contributed by atoms with Crippen LogP contribution < -0.4 is 0 Å². The molecular formula is C16H16N2O3S2. The lowest BCUT2D eigenvalue weighted by molar-refractivity contribution is -0.122. The first-order chi connectivity index (χ1) is 11.0. The molecule has 0 saturated carbocycles. The highest BCUT2D eigenvalue weighted by molar-refractivity contribution is 8.19. The van der Waals surface area contributed by atoms with Gasteiger partial charge in [-0.1, -0.05) is 12.1 Å². The molecule has 1 N–H and O–H groups in total. The van der Waals surface area contributed by atoms with Crippen LogP contribution in [-0.4, -0.2) is 35.6 Å². The number of Topliss-reactive ketones (excluding diaryl/α,β-unsaturated/α-hetero) is 1. The molecule has 0 amide bonds. The summed E-state index contributed by atoms with van der Waals surface area (Å²) in [4.78, 5) is 23.7. The molecule has 0 radical (unpaired) electrons. The summed E-state index contributed by atoms with van der Waals surface area (Å²) in [6, 6.07) is 8.90. The average molecular weight is 348 g/mol. The minimum absolute atomic E-state index is 0.0514. The number of nitrogens with one attached hydrogen (secondary N) is 1. The molecule has 5 nitrogen and oxygen atoms in total. The molecule has 0 spiro atoms. The largest absolute Gasteiger partial charge is 0.454 e. The number of nitriles is 1. The molecule has 7 heteroatoms. The third-order valence-corrected chi connectivity index (χ3v) is 6.37. The van der Waals surface area contributed by atoms with E-state index in [1.807, 2.05) is 35.7 Å². The Morgan fingerprint density at radius 2 is 1.96 bits per heavy atom. The van der Waals surface area contributed by atoms with Crippen LogP contribution >= 0.6 is 23.5 Å². The summed E-state index contributed by atoms with van der Waals surface area (Å²) in [5.41, 5.74) is 1.48. The van der Waals surface area contributed by atoms with Gasteiger partial charge in [0, 0.05) is 17.2 Å². The van der Waals surface area contributed by atoms with Crippen LogP contribution in [0.3, 0.4) is 0 Å². The Labute approximate surface area is 143 Å². The van der Waals surface area contributed by atoms with Gasteiger partial charge in [0.05, 0.1) is 16.2 Å². The van der Waals surface area contributed by atoms with Gasteiger partial charge in [-0.15, -0.1) is 23.5 Å². The normalized spacial score (nSPS) is 15.7. The Kier molecular flexibility index (Phi) is 6.25. The molecule has 2 rings (SSSR count). The number of rotatable bonds is 6. The van der Waals surface area contributed by atoms with Crippen molar-refractivity contribution in [1.82, 2.24) is 0 Å². The van der Waals surface area contributed by atoms with E-state index >= 15 is 0 Å². The van der Waals surface area contributed by atoms with Gasteiger partial charge in [0.15, 0.2) is 12.4 Å². The number of nitrogens with zero attached hydrogens (tertiary/aromatic N) is 1. The Bertz CT molecular complexity index is 646. The molecule has 1 fully saturated rings. The zero-order valence-corrected chi connectivity index (χ0v) is 14.2. The maximum atomic E-state index is 11.9. The molecule has 0 bridgehead atoms. The fourth-order valence-corrected chi connectivity index (χ4v) is 4.90. The number of ether oxygens (including phenoxy) is 1. The van der Waals surface area contributed by atoms with E-state index in [0.717, 1.165) is 17.1 Å². The highest BCUT2D eigenvalue weighted by Crippen LogP contribution is 2.45. The van der Waals surface area contributed by atoms with E-state index in [2.05, 4.69) is 0 Å². The number of thioether (sulfide) groups is 2. The van der Waals surface area contributed by atoms with E-state index in [9.17, 15) is 9.59 Å². The van der Waals surface area contributed by atoms with Crippen LogP contribution in [0.2, 0.25) is 0 Å². The Balaban J connectivity index is 1.92. The van der Waals surface area contributed by atoms with Gasteiger partial charge in [-0.3, -0.25) is 4.79 Å². The first kappa shape index (κ1) is 17.6. The third-order valence-electron chi connectivity index (χ3n) is 3.27. The number of hydrogen-bond acceptors (Lipinski definition) is 7. The lowest BCUT2D eigenvalue weighted by atomic mass is 10.0. The summed E-state index contributed by atoms with van der Waals surface area (Å²) in [5.74, 6) is -0.0668. The van der Waals surface area contributed by atoms with E-state index in [-0.39, 0.29) is 5.71 Å². The molecule has 1 saturated heterocycles. The van der Waals surface area contributed by atoms with Gasteiger partial charge in [0.1, 0.15) is 5.92 Å². The van der Waals surface area contributed by atoms with Crippen molar-refractivity contribution in [2.75, 3.05) is 18.1 Å². The van der Waals surface area contributed by atoms with Crippen LogP contribution in [0.1, 0.15) is 27.4 Å². The third kappa shape index (κ3) is 4.60. The maximum Gasteiger partial charge on any atom is 0.338 e. The van der Waals surface area contributed by atoms with Crippen LogP contribution in [0.5, 0.6) is 0 Å². The van der Waals surface area contributed by atoms with E-state index in [1.54, 1.807) is 18.2 Å². The Morgan fingerprint density at radius 3 is 2.48 bits per heavy atom. The zero-order valence-electron chi connectivity index (χ0n) is 12.6. The van der Waals surface area contributed by atoms with Crippen molar-refractivity contribution in [2.45, 2.75) is 11.5 Å². The topological polar surface area (TPSA) is 91.0 Å². The first-order valence-corrected chi connectivity index (χ1v) is 9.10. The van der Waals surface area contributed by atoms with Gasteiger partial charge in [-0.25, -0.2) is 4.79 Å². The van der Waals surface area contributed by atoms with Gasteiger partial charge in [-0.2, -0.15) is 5.26 Å². The summed E-state index contributed by atoms with van der Waals surface area (Å²) in [6.45, 7) is 0.884. The first-order valence-electron chi connectivity index (χ1n) is 7.00. The van der Waals surface area contributed by atoms with Gasteiger partial charge in [-0.05, 0) is 24.6 Å². The quantitative estimate of drug-likeness (QED) is 0.627. The fourth-order valence-electron chi connectivity index (χ4n) is 2.04. The second-order valence-electron chi connectivity index (χ2n) is 4.98. The minimum atomic E-state index is -1.15. The van der Waals surface area contributed by atoms with Gasteiger partial charge < -0.3 is 10.1 Å². The van der Waals surface area contributed by atoms with Crippen LogP contribution in [0.15, 0.2) is 24.3 Å². The number of benzene rings is 1. The Morgan fingerprint density at radius 1 is 1.35 bits per heavy atom. The molecule has 1 aliphatic rings. The van der Waals surface area contributed by atoms with Gasteiger partial charge >= 0.3 is 5.97 Å². The molecule has 1 heterocycles. The van der Waals surface area contributed by atoms with Crippen molar-refractivity contribution in [2.24, 2.45) is 5.92 Å². The second-order valence-corrected chi connectivity index (χ2v) is 7.71. The SMILES string of the molecule is CC(=N)C(C#N)C(=O)COC(=O)c1ccc(C2SCCS2)cc1. The van der Waals surface area contributed by atoms with E-state index < -0.39 is 24.3 Å². The van der Waals surface area contributed by atoms with Crippen LogP contribution in [0, 0.1) is 22.7 Å². The van der Waals surface area contributed by atoms with E-state index in [1.165, 1.54) is 6.92 Å². The van der Waals surface area contributed by atoms with Gasteiger partial charge in [0.25, 0.3) is 0 Å². The highest BCUT2D eigenvalue weighted by Gasteiger charge is 2.22. The minimum Gasteiger partial charge on any atom is -0.454 e. The average Bonchev–Trinajstić information content (AvgIpc) is 3.07. The predicted octanol–water partition coefficient (Wildman–Crippen LogP) is 3.07. The number of carbonyl (C=O) groups is 2. The maximum absolute atomic E-state index is 11.9. The Hall–Kier alpha value is -1.78. The summed E-state index contributed by atoms with van der Waals surface area (Å²) >= 11 is 3.77. The highest BCUT2D eigenvalue weighted by atomic mass is 32.2. The second kappa shape index (κ2) is 8.18. The summed E-state index contributed by atoms with van der Waals surface area (Å²) in [6.07, 6.45) is 0. The molecule has 1 aliphatic heterocycles. The monoisotopic (exact) mass is 348 g/mol. The van der Waals surface area contributed by atoms with Crippen molar-refractivity contribution in [1.29, 1.82) is 10.7 Å². The van der Waals surface area contributed by atoms with E-state index in [4.69, 9.17) is 15.4 Å². The van der Waals surface area contributed by atoms with Crippen LogP contribution in [0.4, 0.5) is 0 Å². The molecule has 120 valence electrons. The van der Waals surface area contributed by atoms with Crippen LogP contribution in [-0.2, 0) is 9.53 Å². The van der Waals surface area contributed by atoms with Crippen molar-refractivity contribution in [3.8, 4) is 6.07 Å². The molecule has 1 aromatic rings. The molecule has 1 atom stereocenters. The fraction of sp³-hybridized carbons (Fsp3) is 0.375.